The SMILES string of the molecule is CC/C=C\C/C=C\C/C=C\C/C=C\CCCCC(=O)OC(COCCCCCCCC/C=C\CCCC)COC1OC(COC2OC(CO)C(O)C(O)C2O)C(O)C(O)C1O. The Balaban J connectivity index is 1.84. The molecule has 61 heavy (non-hydrogen) atoms. The Morgan fingerprint density at radius 2 is 1.07 bits per heavy atom. The number of rotatable bonds is 34. The van der Waals surface area contributed by atoms with Crippen molar-refractivity contribution in [1.82, 2.24) is 0 Å². The molecule has 0 amide bonds. The van der Waals surface area contributed by atoms with Gasteiger partial charge in [-0.25, -0.2) is 0 Å². The highest BCUT2D eigenvalue weighted by Crippen LogP contribution is 2.26. The van der Waals surface area contributed by atoms with Gasteiger partial charge in [0.05, 0.1) is 26.4 Å². The van der Waals surface area contributed by atoms with Crippen LogP contribution < -0.4 is 0 Å². The van der Waals surface area contributed by atoms with Gasteiger partial charge in [-0.05, 0) is 70.6 Å². The zero-order valence-electron chi connectivity index (χ0n) is 36.9. The van der Waals surface area contributed by atoms with Crippen LogP contribution in [0.15, 0.2) is 60.8 Å². The van der Waals surface area contributed by atoms with Crippen molar-refractivity contribution in [3.63, 3.8) is 0 Å². The molecule has 0 bridgehead atoms. The minimum atomic E-state index is -1.72. The van der Waals surface area contributed by atoms with Crippen LogP contribution in [-0.4, -0.2) is 142 Å². The summed E-state index contributed by atoms with van der Waals surface area (Å²) >= 11 is 0. The number of esters is 1. The normalized spacial score (nSPS) is 28.0. The van der Waals surface area contributed by atoms with Gasteiger partial charge in [-0.3, -0.25) is 4.79 Å². The lowest BCUT2D eigenvalue weighted by molar-refractivity contribution is -0.332. The smallest absolute Gasteiger partial charge is 0.306 e. The lowest BCUT2D eigenvalue weighted by atomic mass is 9.98. The Kier molecular flexibility index (Phi) is 31.5. The van der Waals surface area contributed by atoms with Crippen LogP contribution in [-0.2, 0) is 33.2 Å². The molecule has 0 aromatic rings. The molecule has 11 unspecified atom stereocenters. The average molecular weight is 869 g/mol. The van der Waals surface area contributed by atoms with Crippen LogP contribution in [0.25, 0.3) is 0 Å². The molecule has 7 N–H and O–H groups in total. The second-order valence-corrected chi connectivity index (χ2v) is 15.8. The van der Waals surface area contributed by atoms with E-state index < -0.39 is 86.7 Å². The molecule has 0 aromatic carbocycles. The lowest BCUT2D eigenvalue weighted by Crippen LogP contribution is -2.61. The molecule has 2 aliphatic heterocycles. The van der Waals surface area contributed by atoms with Gasteiger partial charge in [0.2, 0.25) is 0 Å². The van der Waals surface area contributed by atoms with E-state index in [0.29, 0.717) is 13.0 Å². The van der Waals surface area contributed by atoms with E-state index in [-0.39, 0.29) is 19.6 Å². The second-order valence-electron chi connectivity index (χ2n) is 15.8. The highest BCUT2D eigenvalue weighted by molar-refractivity contribution is 5.69. The zero-order valence-corrected chi connectivity index (χ0v) is 36.9. The van der Waals surface area contributed by atoms with Crippen LogP contribution in [0.3, 0.4) is 0 Å². The minimum Gasteiger partial charge on any atom is -0.457 e. The zero-order chi connectivity index (χ0) is 44.5. The second kappa shape index (κ2) is 35.1. The lowest BCUT2D eigenvalue weighted by Gasteiger charge is -2.42. The van der Waals surface area contributed by atoms with Crippen molar-refractivity contribution in [3.05, 3.63) is 60.8 Å². The predicted molar refractivity (Wildman–Crippen MR) is 233 cm³/mol. The quantitative estimate of drug-likeness (QED) is 0.0245. The number of aliphatic hydroxyl groups is 7. The number of ether oxygens (including phenoxy) is 6. The van der Waals surface area contributed by atoms with E-state index in [4.69, 9.17) is 28.4 Å². The van der Waals surface area contributed by atoms with E-state index in [1.54, 1.807) is 0 Å². The first-order valence-electron chi connectivity index (χ1n) is 22.9. The Morgan fingerprint density at radius 3 is 1.69 bits per heavy atom. The summed E-state index contributed by atoms with van der Waals surface area (Å²) in [5.74, 6) is -0.422. The van der Waals surface area contributed by atoms with Gasteiger partial charge in [-0.2, -0.15) is 0 Å². The summed E-state index contributed by atoms with van der Waals surface area (Å²) < 4.78 is 34.1. The first-order valence-corrected chi connectivity index (χ1v) is 22.9. The van der Waals surface area contributed by atoms with Gasteiger partial charge >= 0.3 is 5.97 Å². The van der Waals surface area contributed by atoms with E-state index in [9.17, 15) is 40.5 Å². The number of hydrogen-bond acceptors (Lipinski definition) is 14. The van der Waals surface area contributed by atoms with Crippen molar-refractivity contribution < 1.29 is 69.0 Å². The molecule has 14 heteroatoms. The van der Waals surface area contributed by atoms with Gasteiger partial charge in [-0.15, -0.1) is 0 Å². The third-order valence-corrected chi connectivity index (χ3v) is 10.5. The summed E-state index contributed by atoms with van der Waals surface area (Å²) in [6.45, 7) is 3.43. The van der Waals surface area contributed by atoms with E-state index in [2.05, 4.69) is 74.6 Å². The predicted octanol–water partition coefficient (Wildman–Crippen LogP) is 5.40. The molecular formula is C47H80O14. The summed E-state index contributed by atoms with van der Waals surface area (Å²) in [6, 6.07) is 0. The van der Waals surface area contributed by atoms with Crippen LogP contribution in [0.4, 0.5) is 0 Å². The topological polar surface area (TPSA) is 214 Å². The third-order valence-electron chi connectivity index (χ3n) is 10.5. The summed E-state index contributed by atoms with van der Waals surface area (Å²) in [6.07, 6.45) is 22.9. The molecule has 0 aliphatic carbocycles. The first-order chi connectivity index (χ1) is 29.6. The van der Waals surface area contributed by atoms with Crippen molar-refractivity contribution in [2.45, 2.75) is 197 Å². The van der Waals surface area contributed by atoms with Crippen LogP contribution in [0.2, 0.25) is 0 Å². The average Bonchev–Trinajstić information content (AvgIpc) is 3.25. The number of aliphatic hydroxyl groups excluding tert-OH is 7. The molecule has 2 fully saturated rings. The van der Waals surface area contributed by atoms with E-state index in [0.717, 1.165) is 77.0 Å². The van der Waals surface area contributed by atoms with Gasteiger partial charge in [-0.1, -0.05) is 113 Å². The molecule has 2 aliphatic rings. The molecule has 0 aromatic heterocycles. The van der Waals surface area contributed by atoms with Crippen molar-refractivity contribution in [3.8, 4) is 0 Å². The van der Waals surface area contributed by atoms with Crippen LogP contribution in [0, 0.1) is 0 Å². The molecule has 14 nitrogen and oxygen atoms in total. The van der Waals surface area contributed by atoms with Crippen LogP contribution >= 0.6 is 0 Å². The van der Waals surface area contributed by atoms with E-state index in [1.165, 1.54) is 25.7 Å². The maximum Gasteiger partial charge on any atom is 0.306 e. The summed E-state index contributed by atoms with van der Waals surface area (Å²) in [5.41, 5.74) is 0. The summed E-state index contributed by atoms with van der Waals surface area (Å²) in [7, 11) is 0. The Hall–Kier alpha value is -2.31. The van der Waals surface area contributed by atoms with E-state index >= 15 is 0 Å². The monoisotopic (exact) mass is 869 g/mol. The first kappa shape index (κ1) is 54.8. The fourth-order valence-corrected chi connectivity index (χ4v) is 6.72. The molecule has 11 atom stereocenters. The van der Waals surface area contributed by atoms with Gasteiger partial charge in [0.25, 0.3) is 0 Å². The van der Waals surface area contributed by atoms with Crippen molar-refractivity contribution in [2.75, 3.05) is 33.0 Å². The molecule has 2 heterocycles. The van der Waals surface area contributed by atoms with Gasteiger partial charge < -0.3 is 64.2 Å². The molecule has 0 saturated carbocycles. The fraction of sp³-hybridized carbons (Fsp3) is 0.766. The number of allylic oxidation sites excluding steroid dienone is 10. The third kappa shape index (κ3) is 23.8. The maximum atomic E-state index is 12.9. The van der Waals surface area contributed by atoms with E-state index in [1.807, 2.05) is 0 Å². The molecule has 0 radical (unpaired) electrons. The molecular weight excluding hydrogens is 789 g/mol. The maximum absolute atomic E-state index is 12.9. The number of carbonyl (C=O) groups excluding carboxylic acids is 1. The summed E-state index contributed by atoms with van der Waals surface area (Å²) in [4.78, 5) is 12.9. The molecule has 0 spiro atoms. The van der Waals surface area contributed by atoms with Crippen molar-refractivity contribution in [2.24, 2.45) is 0 Å². The standard InChI is InChI=1S/C47H80O14/c1-3-5-7-9-11-13-15-17-18-19-20-22-24-26-28-30-39(49)59-36(33-56-31-29-27-25-23-21-16-14-12-10-8-6-4-2)34-57-46-45(55)43(53)41(51)38(61-46)35-58-47-44(54)42(52)40(50)37(32-48)60-47/h5,7,10-13,17-18,20,22,36-38,40-48,50-55H,3-4,6,8-9,14-16,19,21,23-35H2,1-2H3/b7-5-,12-10-,13-11-,18-17-,22-20-. The Morgan fingerprint density at radius 1 is 0.557 bits per heavy atom. The van der Waals surface area contributed by atoms with Gasteiger partial charge in [0, 0.05) is 13.0 Å². The van der Waals surface area contributed by atoms with Gasteiger partial charge in [0.1, 0.15) is 54.9 Å². The largest absolute Gasteiger partial charge is 0.457 e. The van der Waals surface area contributed by atoms with Crippen molar-refractivity contribution >= 4 is 5.97 Å². The highest BCUT2D eigenvalue weighted by atomic mass is 16.7. The number of hydrogen-bond donors (Lipinski definition) is 7. The minimum absolute atomic E-state index is 0.0374. The Bertz CT molecular complexity index is 1240. The molecule has 2 rings (SSSR count). The van der Waals surface area contributed by atoms with Gasteiger partial charge in [0.15, 0.2) is 12.6 Å². The highest BCUT2D eigenvalue weighted by Gasteiger charge is 2.47. The fourth-order valence-electron chi connectivity index (χ4n) is 6.72. The number of unbranched alkanes of at least 4 members (excludes halogenated alkanes) is 10. The van der Waals surface area contributed by atoms with Crippen LogP contribution in [0.5, 0.6) is 0 Å². The van der Waals surface area contributed by atoms with Crippen molar-refractivity contribution in [1.29, 1.82) is 0 Å². The molecule has 2 saturated heterocycles. The summed E-state index contributed by atoms with van der Waals surface area (Å²) in [5, 5.41) is 71.9. The Labute approximate surface area is 364 Å². The molecule has 352 valence electrons. The number of carbonyl (C=O) groups is 1. The van der Waals surface area contributed by atoms with Crippen LogP contribution in [0.1, 0.15) is 129 Å².